The van der Waals surface area contributed by atoms with Gasteiger partial charge in [-0.05, 0) is 31.9 Å². The monoisotopic (exact) mass is 271 g/mol. The van der Waals surface area contributed by atoms with E-state index in [-0.39, 0.29) is 17.6 Å². The van der Waals surface area contributed by atoms with Crippen molar-refractivity contribution in [1.29, 1.82) is 0 Å². The Morgan fingerprint density at radius 2 is 2.35 bits per heavy atom. The molecule has 1 aromatic heterocycles. The quantitative estimate of drug-likeness (QED) is 0.783. The molecule has 0 fully saturated rings. The van der Waals surface area contributed by atoms with Gasteiger partial charge in [-0.25, -0.2) is 4.98 Å². The molecule has 1 unspecified atom stereocenters. The molecule has 0 saturated heterocycles. The molecule has 3 N–H and O–H groups in total. The second-order valence-electron chi connectivity index (χ2n) is 5.23. The molecule has 1 heterocycles. The number of phenolic OH excluding ortho intramolecular Hbond substituents is 1. The third-order valence-electron chi connectivity index (χ3n) is 3.65. The molecule has 1 aromatic carbocycles. The van der Waals surface area contributed by atoms with Crippen LogP contribution in [0.15, 0.2) is 24.3 Å². The van der Waals surface area contributed by atoms with Crippen LogP contribution in [0.4, 0.5) is 5.69 Å². The Balaban J connectivity index is 1.70. The van der Waals surface area contributed by atoms with Crippen LogP contribution in [0.1, 0.15) is 23.6 Å². The van der Waals surface area contributed by atoms with E-state index in [0.29, 0.717) is 12.1 Å². The Kier molecular flexibility index (Phi) is 3.18. The van der Waals surface area contributed by atoms with E-state index in [0.717, 1.165) is 30.1 Å². The first-order chi connectivity index (χ1) is 9.61. The lowest BCUT2D eigenvalue weighted by Crippen LogP contribution is -2.28. The molecule has 104 valence electrons. The molecular formula is C15H17N3O2. The largest absolute Gasteiger partial charge is 0.508 e. The number of anilines is 1. The molecule has 1 aliphatic carbocycles. The predicted octanol–water partition coefficient (Wildman–Crippen LogP) is 2.17. The Labute approximate surface area is 117 Å². The third-order valence-corrected chi connectivity index (χ3v) is 3.65. The van der Waals surface area contributed by atoms with Gasteiger partial charge in [0.15, 0.2) is 0 Å². The fraction of sp³-hybridized carbons (Fsp3) is 0.333. The molecule has 1 amide bonds. The first-order valence-corrected chi connectivity index (χ1v) is 6.76. The van der Waals surface area contributed by atoms with Crippen LogP contribution in [0.5, 0.6) is 5.75 Å². The minimum atomic E-state index is -0.0512. The maximum absolute atomic E-state index is 12.3. The fourth-order valence-corrected chi connectivity index (χ4v) is 2.68. The third kappa shape index (κ3) is 2.52. The van der Waals surface area contributed by atoms with Crippen LogP contribution >= 0.6 is 0 Å². The van der Waals surface area contributed by atoms with Gasteiger partial charge >= 0.3 is 0 Å². The first-order valence-electron chi connectivity index (χ1n) is 6.76. The lowest BCUT2D eigenvalue weighted by atomic mass is 9.89. The van der Waals surface area contributed by atoms with Crippen LogP contribution < -0.4 is 5.32 Å². The number of benzene rings is 1. The molecule has 1 atom stereocenters. The molecule has 3 rings (SSSR count). The number of imidazole rings is 1. The van der Waals surface area contributed by atoms with E-state index >= 15 is 0 Å². The normalized spacial score (nSPS) is 17.6. The minimum Gasteiger partial charge on any atom is -0.508 e. The van der Waals surface area contributed by atoms with E-state index in [2.05, 4.69) is 15.3 Å². The zero-order valence-corrected chi connectivity index (χ0v) is 11.3. The summed E-state index contributed by atoms with van der Waals surface area (Å²) in [6, 6.07) is 6.61. The lowest BCUT2D eigenvalue weighted by Gasteiger charge is -2.20. The first kappa shape index (κ1) is 12.7. The van der Waals surface area contributed by atoms with Gasteiger partial charge in [0.05, 0.1) is 5.69 Å². The van der Waals surface area contributed by atoms with Crippen molar-refractivity contribution in [3.05, 3.63) is 41.5 Å². The standard InChI is InChI=1S/C15H17N3O2/c1-9-16-13-6-5-10(7-14(13)17-9)15(20)18-11-3-2-4-12(19)8-11/h2-4,8,10,19H,5-7H2,1H3,(H,16,17)(H,18,20). The van der Waals surface area contributed by atoms with Gasteiger partial charge in [0.1, 0.15) is 11.6 Å². The zero-order chi connectivity index (χ0) is 14.1. The summed E-state index contributed by atoms with van der Waals surface area (Å²) in [6.45, 7) is 1.93. The fourth-order valence-electron chi connectivity index (χ4n) is 2.68. The number of nitrogens with one attached hydrogen (secondary N) is 2. The number of aryl methyl sites for hydroxylation is 2. The van der Waals surface area contributed by atoms with Crippen LogP contribution in [0.25, 0.3) is 0 Å². The van der Waals surface area contributed by atoms with Crippen molar-refractivity contribution < 1.29 is 9.90 Å². The number of phenols is 1. The molecule has 0 radical (unpaired) electrons. The number of aromatic hydroxyl groups is 1. The average molecular weight is 271 g/mol. The lowest BCUT2D eigenvalue weighted by molar-refractivity contribution is -0.120. The summed E-state index contributed by atoms with van der Waals surface area (Å²) in [6.07, 6.45) is 2.33. The summed E-state index contributed by atoms with van der Waals surface area (Å²) in [5.41, 5.74) is 2.79. The summed E-state index contributed by atoms with van der Waals surface area (Å²) in [4.78, 5) is 19.9. The van der Waals surface area contributed by atoms with Crippen molar-refractivity contribution in [1.82, 2.24) is 9.97 Å². The SMILES string of the molecule is Cc1nc2c([nH]1)CC(C(=O)Nc1cccc(O)c1)CC2. The van der Waals surface area contributed by atoms with E-state index < -0.39 is 0 Å². The molecule has 0 saturated carbocycles. The summed E-state index contributed by atoms with van der Waals surface area (Å²) < 4.78 is 0. The number of carbonyl (C=O) groups is 1. The number of hydrogen-bond donors (Lipinski definition) is 3. The number of rotatable bonds is 2. The van der Waals surface area contributed by atoms with Gasteiger partial charge in [-0.1, -0.05) is 6.07 Å². The number of carbonyl (C=O) groups excluding carboxylic acids is 1. The summed E-state index contributed by atoms with van der Waals surface area (Å²) in [5.74, 6) is 1.00. The molecule has 1 aliphatic rings. The van der Waals surface area contributed by atoms with Crippen molar-refractivity contribution in [2.45, 2.75) is 26.2 Å². The van der Waals surface area contributed by atoms with Crippen molar-refractivity contribution in [2.24, 2.45) is 5.92 Å². The average Bonchev–Trinajstić information content (AvgIpc) is 2.77. The maximum Gasteiger partial charge on any atom is 0.227 e. The van der Waals surface area contributed by atoms with Gasteiger partial charge in [-0.2, -0.15) is 0 Å². The Hall–Kier alpha value is -2.30. The highest BCUT2D eigenvalue weighted by Gasteiger charge is 2.26. The predicted molar refractivity (Wildman–Crippen MR) is 75.6 cm³/mol. The summed E-state index contributed by atoms with van der Waals surface area (Å²) in [5, 5.41) is 12.3. The molecular weight excluding hydrogens is 254 g/mol. The van der Waals surface area contributed by atoms with E-state index in [1.165, 1.54) is 0 Å². The van der Waals surface area contributed by atoms with Crippen molar-refractivity contribution >= 4 is 11.6 Å². The van der Waals surface area contributed by atoms with Gasteiger partial charge in [-0.15, -0.1) is 0 Å². The number of nitrogens with zero attached hydrogens (tertiary/aromatic N) is 1. The number of aromatic amines is 1. The molecule has 0 aliphatic heterocycles. The van der Waals surface area contributed by atoms with Gasteiger partial charge < -0.3 is 15.4 Å². The van der Waals surface area contributed by atoms with Gasteiger partial charge in [0, 0.05) is 29.8 Å². The number of amides is 1. The van der Waals surface area contributed by atoms with Crippen LogP contribution in [-0.4, -0.2) is 21.0 Å². The van der Waals surface area contributed by atoms with E-state index in [9.17, 15) is 9.90 Å². The second kappa shape index (κ2) is 5.00. The number of aromatic nitrogens is 2. The van der Waals surface area contributed by atoms with Crippen LogP contribution in [0.2, 0.25) is 0 Å². The topological polar surface area (TPSA) is 78.0 Å². The molecule has 0 spiro atoms. The van der Waals surface area contributed by atoms with E-state index in [1.54, 1.807) is 24.3 Å². The zero-order valence-electron chi connectivity index (χ0n) is 11.3. The van der Waals surface area contributed by atoms with Crippen molar-refractivity contribution in [2.75, 3.05) is 5.32 Å². The van der Waals surface area contributed by atoms with Crippen LogP contribution in [0.3, 0.4) is 0 Å². The van der Waals surface area contributed by atoms with Crippen LogP contribution in [0, 0.1) is 12.8 Å². The summed E-state index contributed by atoms with van der Waals surface area (Å²) >= 11 is 0. The molecule has 20 heavy (non-hydrogen) atoms. The maximum atomic E-state index is 12.3. The van der Waals surface area contributed by atoms with Crippen molar-refractivity contribution in [3.63, 3.8) is 0 Å². The molecule has 5 heteroatoms. The molecule has 2 aromatic rings. The van der Waals surface area contributed by atoms with Gasteiger partial charge in [-0.3, -0.25) is 4.79 Å². The number of fused-ring (bicyclic) bond motifs is 1. The van der Waals surface area contributed by atoms with Crippen LogP contribution in [-0.2, 0) is 17.6 Å². The minimum absolute atomic E-state index is 0.00602. The van der Waals surface area contributed by atoms with Gasteiger partial charge in [0.25, 0.3) is 0 Å². The summed E-state index contributed by atoms with van der Waals surface area (Å²) in [7, 11) is 0. The molecule has 0 bridgehead atoms. The van der Waals surface area contributed by atoms with Crippen molar-refractivity contribution in [3.8, 4) is 5.75 Å². The van der Waals surface area contributed by atoms with E-state index in [1.807, 2.05) is 6.92 Å². The highest BCUT2D eigenvalue weighted by molar-refractivity contribution is 5.93. The second-order valence-corrected chi connectivity index (χ2v) is 5.23. The van der Waals surface area contributed by atoms with E-state index in [4.69, 9.17) is 0 Å². The Bertz CT molecular complexity index is 648. The van der Waals surface area contributed by atoms with Gasteiger partial charge in [0.2, 0.25) is 5.91 Å². The Morgan fingerprint density at radius 1 is 1.50 bits per heavy atom. The highest BCUT2D eigenvalue weighted by Crippen LogP contribution is 2.25. The molecule has 5 nitrogen and oxygen atoms in total. The smallest absolute Gasteiger partial charge is 0.227 e. The number of H-pyrrole nitrogens is 1. The Morgan fingerprint density at radius 3 is 3.15 bits per heavy atom. The number of hydrogen-bond acceptors (Lipinski definition) is 3. The highest BCUT2D eigenvalue weighted by atomic mass is 16.3.